The molecule has 5 aromatic heterocycles. The first-order valence-electron chi connectivity index (χ1n) is 13.2. The Hall–Kier alpha value is -3.14. The number of fused-ring (bicyclic) bond motifs is 1. The SMILES string of the molecule is Nc1nccc(Sc2ccc3nc(N4CCC5(CC4)Cc4nc(C6CC6)ccc4[C@H]5N)c4cnc2n34)c1Cl. The number of rotatable bonds is 4. The van der Waals surface area contributed by atoms with Crippen molar-refractivity contribution in [1.29, 1.82) is 0 Å². The highest BCUT2D eigenvalue weighted by Gasteiger charge is 2.47. The Bertz CT molecular complexity index is 1700. The molecule has 0 amide bonds. The molecule has 8 rings (SSSR count). The number of halogens is 1. The van der Waals surface area contributed by atoms with Gasteiger partial charge in [0.15, 0.2) is 11.5 Å². The molecule has 4 N–H and O–H groups in total. The molecule has 1 saturated heterocycles. The summed E-state index contributed by atoms with van der Waals surface area (Å²) in [6.45, 7) is 1.84. The van der Waals surface area contributed by atoms with Crippen molar-refractivity contribution in [1.82, 2.24) is 24.3 Å². The smallest absolute Gasteiger partial charge is 0.157 e. The number of imidazole rings is 2. The van der Waals surface area contributed by atoms with Gasteiger partial charge in [-0.3, -0.25) is 9.38 Å². The van der Waals surface area contributed by atoms with Gasteiger partial charge in [0, 0.05) is 47.5 Å². The fourth-order valence-electron chi connectivity index (χ4n) is 6.40. The molecule has 10 heteroatoms. The summed E-state index contributed by atoms with van der Waals surface area (Å²) in [6.07, 6.45) is 9.21. The number of anilines is 2. The molecule has 192 valence electrons. The van der Waals surface area contributed by atoms with Crippen LogP contribution in [-0.2, 0) is 6.42 Å². The zero-order valence-electron chi connectivity index (χ0n) is 20.8. The molecule has 6 heterocycles. The van der Waals surface area contributed by atoms with E-state index < -0.39 is 0 Å². The van der Waals surface area contributed by atoms with E-state index in [0.29, 0.717) is 16.8 Å². The van der Waals surface area contributed by atoms with E-state index in [2.05, 4.69) is 26.4 Å². The van der Waals surface area contributed by atoms with E-state index in [4.69, 9.17) is 38.0 Å². The van der Waals surface area contributed by atoms with Crippen LogP contribution in [0.4, 0.5) is 11.6 Å². The van der Waals surface area contributed by atoms with Crippen LogP contribution in [0.5, 0.6) is 0 Å². The van der Waals surface area contributed by atoms with Crippen molar-refractivity contribution in [3.63, 3.8) is 0 Å². The molecule has 1 saturated carbocycles. The Morgan fingerprint density at radius 1 is 1.00 bits per heavy atom. The van der Waals surface area contributed by atoms with Crippen molar-refractivity contribution < 1.29 is 0 Å². The van der Waals surface area contributed by atoms with Crippen molar-refractivity contribution in [2.45, 2.75) is 53.9 Å². The zero-order valence-corrected chi connectivity index (χ0v) is 22.3. The van der Waals surface area contributed by atoms with E-state index in [1.165, 1.54) is 41.6 Å². The third-order valence-electron chi connectivity index (χ3n) is 8.74. The first kappa shape index (κ1) is 22.8. The van der Waals surface area contributed by atoms with Crippen LogP contribution in [0.3, 0.4) is 0 Å². The second-order valence-corrected chi connectivity index (χ2v) is 12.4. The Kier molecular flexibility index (Phi) is 4.91. The lowest BCUT2D eigenvalue weighted by Crippen LogP contribution is -2.44. The number of piperidine rings is 1. The van der Waals surface area contributed by atoms with E-state index in [1.807, 2.05) is 24.4 Å². The maximum atomic E-state index is 6.88. The van der Waals surface area contributed by atoms with Crippen LogP contribution in [0, 0.1) is 5.41 Å². The summed E-state index contributed by atoms with van der Waals surface area (Å²) in [7, 11) is 0. The molecule has 1 aliphatic heterocycles. The summed E-state index contributed by atoms with van der Waals surface area (Å²) < 4.78 is 2.14. The number of nitrogen functional groups attached to an aromatic ring is 1. The van der Waals surface area contributed by atoms with E-state index in [-0.39, 0.29) is 11.5 Å². The van der Waals surface area contributed by atoms with Gasteiger partial charge in [0.1, 0.15) is 17.0 Å². The fourth-order valence-corrected chi connectivity index (χ4v) is 7.56. The van der Waals surface area contributed by atoms with Gasteiger partial charge in [-0.2, -0.15) is 0 Å². The maximum Gasteiger partial charge on any atom is 0.157 e. The molecule has 2 fully saturated rings. The zero-order chi connectivity index (χ0) is 25.6. The molecule has 2 aliphatic carbocycles. The fraction of sp³-hybridized carbons (Fsp3) is 0.357. The van der Waals surface area contributed by atoms with E-state index in [0.717, 1.165) is 64.8 Å². The van der Waals surface area contributed by atoms with Crippen molar-refractivity contribution in [2.24, 2.45) is 11.1 Å². The second kappa shape index (κ2) is 8.18. The summed E-state index contributed by atoms with van der Waals surface area (Å²) in [6, 6.07) is 10.5. The third-order valence-corrected chi connectivity index (χ3v) is 10.4. The highest BCUT2D eigenvalue weighted by molar-refractivity contribution is 7.99. The van der Waals surface area contributed by atoms with Crippen LogP contribution >= 0.6 is 23.4 Å². The molecule has 1 atom stereocenters. The van der Waals surface area contributed by atoms with E-state index >= 15 is 0 Å². The van der Waals surface area contributed by atoms with Crippen LogP contribution in [-0.4, -0.2) is 37.4 Å². The second-order valence-electron chi connectivity index (χ2n) is 11.0. The van der Waals surface area contributed by atoms with Gasteiger partial charge in [0.2, 0.25) is 0 Å². The van der Waals surface area contributed by atoms with Crippen LogP contribution in [0.2, 0.25) is 5.02 Å². The lowest BCUT2D eigenvalue weighted by atomic mass is 9.73. The standard InChI is InChI=1S/C28H27ClN8S/c29-23-20(7-10-32-25(23)31)38-21-5-6-22-35-26(19-14-33-27(21)37(19)22)36-11-8-28(9-12-36)13-18-16(24(28)30)3-4-17(34-18)15-1-2-15/h3-7,10,14-15,24H,1-2,8-9,11-13,30H2,(H2,31,32)/t24-/m1/s1. The molecule has 0 bridgehead atoms. The topological polar surface area (TPSA) is 111 Å². The maximum absolute atomic E-state index is 6.88. The first-order valence-corrected chi connectivity index (χ1v) is 14.4. The van der Waals surface area contributed by atoms with Gasteiger partial charge in [-0.25, -0.2) is 15.0 Å². The highest BCUT2D eigenvalue weighted by Crippen LogP contribution is 2.52. The number of nitrogens with two attached hydrogens (primary N) is 2. The monoisotopic (exact) mass is 542 g/mol. The average Bonchev–Trinajstić information content (AvgIpc) is 3.50. The minimum absolute atomic E-state index is 0.0541. The van der Waals surface area contributed by atoms with Crippen LogP contribution < -0.4 is 16.4 Å². The third kappa shape index (κ3) is 3.34. The molecule has 38 heavy (non-hydrogen) atoms. The van der Waals surface area contributed by atoms with Gasteiger partial charge in [-0.1, -0.05) is 29.4 Å². The highest BCUT2D eigenvalue weighted by atomic mass is 35.5. The molecule has 5 aromatic rings. The van der Waals surface area contributed by atoms with Gasteiger partial charge in [0.05, 0.1) is 16.1 Å². The largest absolute Gasteiger partial charge is 0.382 e. The number of pyridine rings is 3. The minimum atomic E-state index is 0.0541. The number of aromatic nitrogens is 5. The molecule has 3 aliphatic rings. The van der Waals surface area contributed by atoms with Crippen LogP contribution in [0.25, 0.3) is 16.8 Å². The van der Waals surface area contributed by atoms with Gasteiger partial charge < -0.3 is 16.4 Å². The predicted molar refractivity (Wildman–Crippen MR) is 150 cm³/mol. The Balaban J connectivity index is 1.06. The van der Waals surface area contributed by atoms with E-state index in [9.17, 15) is 0 Å². The molecule has 0 radical (unpaired) electrons. The molecular weight excluding hydrogens is 516 g/mol. The van der Waals surface area contributed by atoms with Gasteiger partial charge in [-0.15, -0.1) is 0 Å². The Labute approximate surface area is 229 Å². The van der Waals surface area contributed by atoms with Crippen molar-refractivity contribution in [2.75, 3.05) is 23.7 Å². The molecule has 8 nitrogen and oxygen atoms in total. The van der Waals surface area contributed by atoms with Crippen LogP contribution in [0.1, 0.15) is 54.6 Å². The molecule has 1 spiro atoms. The Morgan fingerprint density at radius 2 is 1.84 bits per heavy atom. The summed E-state index contributed by atoms with van der Waals surface area (Å²) >= 11 is 7.94. The first-order chi connectivity index (χ1) is 18.5. The summed E-state index contributed by atoms with van der Waals surface area (Å²) in [5.74, 6) is 1.99. The number of hydrogen-bond acceptors (Lipinski definition) is 8. The van der Waals surface area contributed by atoms with Gasteiger partial charge >= 0.3 is 0 Å². The summed E-state index contributed by atoms with van der Waals surface area (Å²) in [4.78, 5) is 23.2. The molecule has 0 unspecified atom stereocenters. The lowest BCUT2D eigenvalue weighted by Gasteiger charge is -2.42. The lowest BCUT2D eigenvalue weighted by molar-refractivity contribution is 0.187. The van der Waals surface area contributed by atoms with Crippen molar-refractivity contribution >= 4 is 51.8 Å². The van der Waals surface area contributed by atoms with Gasteiger partial charge in [0.25, 0.3) is 0 Å². The average molecular weight is 543 g/mol. The summed E-state index contributed by atoms with van der Waals surface area (Å²) in [5, 5.41) is 0.465. The van der Waals surface area contributed by atoms with Gasteiger partial charge in [-0.05, 0) is 67.3 Å². The number of hydrogen-bond donors (Lipinski definition) is 2. The van der Waals surface area contributed by atoms with Crippen molar-refractivity contribution in [3.05, 3.63) is 64.7 Å². The number of nitrogens with zero attached hydrogens (tertiary/aromatic N) is 6. The Morgan fingerprint density at radius 3 is 2.66 bits per heavy atom. The summed E-state index contributed by atoms with van der Waals surface area (Å²) in [5.41, 5.74) is 19.4. The van der Waals surface area contributed by atoms with E-state index in [1.54, 1.807) is 6.20 Å². The molecular formula is C28H27ClN8S. The minimum Gasteiger partial charge on any atom is -0.382 e. The van der Waals surface area contributed by atoms with Crippen molar-refractivity contribution in [3.8, 4) is 0 Å². The quantitative estimate of drug-likeness (QED) is 0.318. The van der Waals surface area contributed by atoms with Crippen LogP contribution in [0.15, 0.2) is 52.5 Å². The normalized spacial score (nSPS) is 20.7. The predicted octanol–water partition coefficient (Wildman–Crippen LogP) is 5.22. The molecule has 0 aromatic carbocycles.